The number of aliphatic hydroxyl groups is 1. The molecule has 4 heteroatoms. The molecule has 70 valence electrons. The highest BCUT2D eigenvalue weighted by Crippen LogP contribution is 2.26. The van der Waals surface area contributed by atoms with Gasteiger partial charge in [-0.2, -0.15) is 0 Å². The van der Waals surface area contributed by atoms with Crippen molar-refractivity contribution in [2.24, 2.45) is 0 Å². The second kappa shape index (κ2) is 3.87. The van der Waals surface area contributed by atoms with Crippen LogP contribution in [0.1, 0.15) is 19.8 Å². The molecule has 4 nitrogen and oxygen atoms in total. The number of carboxylic acid groups (broad SMARTS) is 1. The Morgan fingerprint density at radius 3 is 2.58 bits per heavy atom. The van der Waals surface area contributed by atoms with E-state index in [0.29, 0.717) is 12.6 Å². The second-order valence-electron chi connectivity index (χ2n) is 3.40. The Balaban J connectivity index is 2.32. The van der Waals surface area contributed by atoms with E-state index in [1.165, 1.54) is 0 Å². The zero-order valence-electron chi connectivity index (χ0n) is 7.23. The van der Waals surface area contributed by atoms with Crippen LogP contribution in [0.3, 0.4) is 0 Å². The van der Waals surface area contributed by atoms with E-state index < -0.39 is 12.1 Å². The molecule has 1 saturated carbocycles. The van der Waals surface area contributed by atoms with Crippen LogP contribution < -0.4 is 0 Å². The molecule has 0 aromatic rings. The molecule has 1 aliphatic carbocycles. The molecule has 0 aromatic heterocycles. The average Bonchev–Trinajstić information content (AvgIpc) is 2.63. The third kappa shape index (κ3) is 3.19. The van der Waals surface area contributed by atoms with E-state index in [9.17, 15) is 4.79 Å². The van der Waals surface area contributed by atoms with Crippen LogP contribution in [0, 0.1) is 0 Å². The highest BCUT2D eigenvalue weighted by atomic mass is 16.4. The molecule has 0 saturated heterocycles. The number of carbonyl (C=O) groups is 1. The van der Waals surface area contributed by atoms with Crippen LogP contribution >= 0.6 is 0 Å². The van der Waals surface area contributed by atoms with E-state index in [0.717, 1.165) is 12.8 Å². The SMILES string of the molecule is CC(O)CN(CC(=O)O)C1CC1. The van der Waals surface area contributed by atoms with Gasteiger partial charge in [-0.3, -0.25) is 9.69 Å². The van der Waals surface area contributed by atoms with Gasteiger partial charge >= 0.3 is 5.97 Å². The van der Waals surface area contributed by atoms with Crippen LogP contribution in [0.15, 0.2) is 0 Å². The molecule has 1 atom stereocenters. The van der Waals surface area contributed by atoms with Crippen molar-refractivity contribution in [2.75, 3.05) is 13.1 Å². The van der Waals surface area contributed by atoms with E-state index in [2.05, 4.69) is 0 Å². The third-order valence-electron chi connectivity index (χ3n) is 1.90. The van der Waals surface area contributed by atoms with Crippen molar-refractivity contribution < 1.29 is 15.0 Å². The number of rotatable bonds is 5. The molecular formula is C8H15NO3. The Morgan fingerprint density at radius 1 is 1.67 bits per heavy atom. The van der Waals surface area contributed by atoms with Gasteiger partial charge in [-0.05, 0) is 19.8 Å². The highest BCUT2D eigenvalue weighted by Gasteiger charge is 2.30. The minimum atomic E-state index is -0.817. The van der Waals surface area contributed by atoms with Crippen molar-refractivity contribution in [3.05, 3.63) is 0 Å². The maximum atomic E-state index is 10.4. The van der Waals surface area contributed by atoms with Crippen molar-refractivity contribution in [2.45, 2.75) is 31.9 Å². The van der Waals surface area contributed by atoms with E-state index in [1.54, 1.807) is 6.92 Å². The first kappa shape index (κ1) is 9.48. The summed E-state index contributed by atoms with van der Waals surface area (Å²) < 4.78 is 0. The fourth-order valence-corrected chi connectivity index (χ4v) is 1.30. The van der Waals surface area contributed by atoms with Gasteiger partial charge in [0.05, 0.1) is 12.6 Å². The lowest BCUT2D eigenvalue weighted by Crippen LogP contribution is -2.36. The summed E-state index contributed by atoms with van der Waals surface area (Å²) in [5.41, 5.74) is 0. The third-order valence-corrected chi connectivity index (χ3v) is 1.90. The Bertz CT molecular complexity index is 166. The fraction of sp³-hybridized carbons (Fsp3) is 0.875. The average molecular weight is 173 g/mol. The lowest BCUT2D eigenvalue weighted by Gasteiger charge is -2.20. The van der Waals surface area contributed by atoms with Gasteiger partial charge in [-0.25, -0.2) is 0 Å². The second-order valence-corrected chi connectivity index (χ2v) is 3.40. The van der Waals surface area contributed by atoms with Gasteiger partial charge in [0.1, 0.15) is 0 Å². The van der Waals surface area contributed by atoms with Gasteiger partial charge in [-0.15, -0.1) is 0 Å². The van der Waals surface area contributed by atoms with Crippen molar-refractivity contribution in [3.63, 3.8) is 0 Å². The normalized spacial score (nSPS) is 19.6. The molecule has 1 fully saturated rings. The standard InChI is InChI=1S/C8H15NO3/c1-6(10)4-9(5-8(11)12)7-2-3-7/h6-7,10H,2-5H2,1H3,(H,11,12). The number of aliphatic hydroxyl groups excluding tert-OH is 1. The molecule has 1 rings (SSSR count). The lowest BCUT2D eigenvalue weighted by molar-refractivity contribution is -0.138. The molecule has 0 bridgehead atoms. The number of nitrogens with zero attached hydrogens (tertiary/aromatic N) is 1. The maximum absolute atomic E-state index is 10.4. The molecule has 1 aliphatic rings. The van der Waals surface area contributed by atoms with Crippen LogP contribution in [-0.2, 0) is 4.79 Å². The predicted octanol–water partition coefficient (Wildman–Crippen LogP) is -0.0838. The topological polar surface area (TPSA) is 60.8 Å². The van der Waals surface area contributed by atoms with Crippen LogP contribution in [0.25, 0.3) is 0 Å². The van der Waals surface area contributed by atoms with Gasteiger partial charge in [-0.1, -0.05) is 0 Å². The van der Waals surface area contributed by atoms with Gasteiger partial charge in [0.15, 0.2) is 0 Å². The van der Waals surface area contributed by atoms with Crippen LogP contribution in [0.5, 0.6) is 0 Å². The summed E-state index contributed by atoms with van der Waals surface area (Å²) in [4.78, 5) is 12.2. The highest BCUT2D eigenvalue weighted by molar-refractivity contribution is 5.69. The Kier molecular flexibility index (Phi) is 3.05. The Hall–Kier alpha value is -0.610. The quantitative estimate of drug-likeness (QED) is 0.610. The molecule has 0 heterocycles. The monoisotopic (exact) mass is 173 g/mol. The Morgan fingerprint density at radius 2 is 2.25 bits per heavy atom. The number of aliphatic carboxylic acids is 1. The number of carboxylic acids is 1. The van der Waals surface area contributed by atoms with E-state index >= 15 is 0 Å². The molecule has 0 radical (unpaired) electrons. The summed E-state index contributed by atoms with van der Waals surface area (Å²) in [5.74, 6) is -0.817. The van der Waals surface area contributed by atoms with Gasteiger partial charge < -0.3 is 10.2 Å². The van der Waals surface area contributed by atoms with Gasteiger partial charge in [0, 0.05) is 12.6 Å². The van der Waals surface area contributed by atoms with E-state index in [1.807, 2.05) is 4.90 Å². The number of hydrogen-bond acceptors (Lipinski definition) is 3. The van der Waals surface area contributed by atoms with Crippen LogP contribution in [0.2, 0.25) is 0 Å². The van der Waals surface area contributed by atoms with Crippen molar-refractivity contribution in [1.82, 2.24) is 4.90 Å². The maximum Gasteiger partial charge on any atom is 0.317 e. The van der Waals surface area contributed by atoms with Gasteiger partial charge in [0.2, 0.25) is 0 Å². The van der Waals surface area contributed by atoms with Crippen molar-refractivity contribution >= 4 is 5.97 Å². The summed E-state index contributed by atoms with van der Waals surface area (Å²) in [6.45, 7) is 2.20. The first-order valence-electron chi connectivity index (χ1n) is 4.23. The molecule has 0 amide bonds. The molecular weight excluding hydrogens is 158 g/mol. The van der Waals surface area contributed by atoms with E-state index in [-0.39, 0.29) is 6.54 Å². The summed E-state index contributed by atoms with van der Waals surface area (Å²) in [7, 11) is 0. The van der Waals surface area contributed by atoms with Crippen LogP contribution in [-0.4, -0.2) is 46.3 Å². The first-order valence-corrected chi connectivity index (χ1v) is 4.23. The summed E-state index contributed by atoms with van der Waals surface area (Å²) >= 11 is 0. The molecule has 1 unspecified atom stereocenters. The number of hydrogen-bond donors (Lipinski definition) is 2. The lowest BCUT2D eigenvalue weighted by atomic mass is 10.3. The zero-order chi connectivity index (χ0) is 9.14. The largest absolute Gasteiger partial charge is 0.480 e. The van der Waals surface area contributed by atoms with Crippen molar-refractivity contribution in [1.29, 1.82) is 0 Å². The summed E-state index contributed by atoms with van der Waals surface area (Å²) in [5, 5.41) is 17.6. The zero-order valence-corrected chi connectivity index (χ0v) is 7.23. The summed E-state index contributed by atoms with van der Waals surface area (Å²) in [6, 6.07) is 0.399. The van der Waals surface area contributed by atoms with Gasteiger partial charge in [0.25, 0.3) is 0 Å². The first-order chi connectivity index (χ1) is 5.59. The smallest absolute Gasteiger partial charge is 0.317 e. The minimum absolute atomic E-state index is 0.0512. The Labute approximate surface area is 71.8 Å². The predicted molar refractivity (Wildman–Crippen MR) is 43.9 cm³/mol. The molecule has 2 N–H and O–H groups in total. The molecule has 0 aliphatic heterocycles. The van der Waals surface area contributed by atoms with Crippen molar-refractivity contribution in [3.8, 4) is 0 Å². The molecule has 0 aromatic carbocycles. The van der Waals surface area contributed by atoms with E-state index in [4.69, 9.17) is 10.2 Å². The molecule has 0 spiro atoms. The van der Waals surface area contributed by atoms with Crippen LogP contribution in [0.4, 0.5) is 0 Å². The minimum Gasteiger partial charge on any atom is -0.480 e. The molecule has 12 heavy (non-hydrogen) atoms. The summed E-state index contributed by atoms with van der Waals surface area (Å²) in [6.07, 6.45) is 1.70. The fourth-order valence-electron chi connectivity index (χ4n) is 1.30.